The summed E-state index contributed by atoms with van der Waals surface area (Å²) in [5.74, 6) is -1.29. The van der Waals surface area contributed by atoms with E-state index in [2.05, 4.69) is 10.1 Å². The van der Waals surface area contributed by atoms with Gasteiger partial charge in [0.15, 0.2) is 17.5 Å². The molecule has 0 aliphatic carbocycles. The number of benzene rings is 1. The number of halogens is 2. The van der Waals surface area contributed by atoms with Gasteiger partial charge in [-0.25, -0.2) is 8.78 Å². The lowest BCUT2D eigenvalue weighted by atomic mass is 10.2. The summed E-state index contributed by atoms with van der Waals surface area (Å²) < 4.78 is 25.9. The minimum absolute atomic E-state index is 0.0790. The van der Waals surface area contributed by atoms with E-state index in [0.717, 1.165) is 17.7 Å². The number of hydrogen-bond acceptors (Lipinski definition) is 4. The van der Waals surface area contributed by atoms with E-state index in [1.165, 1.54) is 24.0 Å². The van der Waals surface area contributed by atoms with E-state index in [0.29, 0.717) is 16.3 Å². The number of hydrogen-bond donors (Lipinski definition) is 2. The number of pyridine rings is 1. The van der Waals surface area contributed by atoms with Gasteiger partial charge in [-0.05, 0) is 35.9 Å². The van der Waals surface area contributed by atoms with Crippen LogP contribution in [0, 0.1) is 11.6 Å². The molecule has 0 spiro atoms. The maximum atomic E-state index is 13.1. The number of oxime groups is 1. The van der Waals surface area contributed by atoms with Crippen LogP contribution >= 0.6 is 11.8 Å². The van der Waals surface area contributed by atoms with E-state index in [-0.39, 0.29) is 5.84 Å². The van der Waals surface area contributed by atoms with Crippen molar-refractivity contribution < 1.29 is 14.0 Å². The van der Waals surface area contributed by atoms with Crippen LogP contribution in [0.25, 0.3) is 0 Å². The summed E-state index contributed by atoms with van der Waals surface area (Å²) in [6.45, 7) is 0. The average Bonchev–Trinajstić information content (AvgIpc) is 2.48. The fourth-order valence-corrected chi connectivity index (χ4v) is 2.35. The number of amidine groups is 1. The first-order chi connectivity index (χ1) is 9.60. The SMILES string of the molecule is NC(=NO)c1cc(CSc2ccc(F)c(F)c2)ccn1. The topological polar surface area (TPSA) is 71.5 Å². The van der Waals surface area contributed by atoms with Crippen molar-refractivity contribution in [1.29, 1.82) is 0 Å². The van der Waals surface area contributed by atoms with E-state index in [9.17, 15) is 8.78 Å². The molecule has 0 aliphatic rings. The van der Waals surface area contributed by atoms with Gasteiger partial charge < -0.3 is 10.9 Å². The molecule has 3 N–H and O–H groups in total. The van der Waals surface area contributed by atoms with Gasteiger partial charge in [-0.3, -0.25) is 4.98 Å². The van der Waals surface area contributed by atoms with Crippen molar-refractivity contribution in [2.75, 3.05) is 0 Å². The maximum absolute atomic E-state index is 13.1. The fraction of sp³-hybridized carbons (Fsp3) is 0.0769. The van der Waals surface area contributed by atoms with Crippen molar-refractivity contribution in [3.63, 3.8) is 0 Å². The number of nitrogens with zero attached hydrogens (tertiary/aromatic N) is 2. The first kappa shape index (κ1) is 14.3. The third-order valence-corrected chi connectivity index (χ3v) is 3.56. The van der Waals surface area contributed by atoms with Crippen molar-refractivity contribution >= 4 is 17.6 Å². The highest BCUT2D eigenvalue weighted by Gasteiger charge is 2.05. The summed E-state index contributed by atoms with van der Waals surface area (Å²) in [5, 5.41) is 11.5. The standard InChI is InChI=1S/C13H11F2N3OS/c14-10-2-1-9(6-11(10)15)20-7-8-3-4-17-12(5-8)13(16)18-19/h1-6,19H,7H2,(H2,16,18). The second kappa shape index (κ2) is 6.33. The van der Waals surface area contributed by atoms with Crippen LogP contribution in [0.3, 0.4) is 0 Å². The van der Waals surface area contributed by atoms with Gasteiger partial charge in [0.2, 0.25) is 0 Å². The quantitative estimate of drug-likeness (QED) is 0.299. The van der Waals surface area contributed by atoms with E-state index in [1.54, 1.807) is 12.1 Å². The van der Waals surface area contributed by atoms with Crippen LogP contribution in [0.15, 0.2) is 46.6 Å². The average molecular weight is 295 g/mol. The number of nitrogens with two attached hydrogens (primary N) is 1. The van der Waals surface area contributed by atoms with Crippen molar-refractivity contribution in [3.05, 3.63) is 59.4 Å². The molecule has 0 unspecified atom stereocenters. The molecule has 1 aromatic carbocycles. The molecule has 7 heteroatoms. The Morgan fingerprint density at radius 3 is 2.75 bits per heavy atom. The number of rotatable bonds is 4. The Balaban J connectivity index is 2.09. The van der Waals surface area contributed by atoms with E-state index in [4.69, 9.17) is 10.9 Å². The van der Waals surface area contributed by atoms with Crippen molar-refractivity contribution in [2.45, 2.75) is 10.6 Å². The van der Waals surface area contributed by atoms with Crippen LogP contribution in [-0.2, 0) is 5.75 Å². The predicted octanol–water partition coefficient (Wildman–Crippen LogP) is 2.75. The minimum Gasteiger partial charge on any atom is -0.409 e. The van der Waals surface area contributed by atoms with Crippen molar-refractivity contribution in [3.8, 4) is 0 Å². The highest BCUT2D eigenvalue weighted by atomic mass is 32.2. The molecular weight excluding hydrogens is 284 g/mol. The van der Waals surface area contributed by atoms with Crippen molar-refractivity contribution in [2.24, 2.45) is 10.9 Å². The van der Waals surface area contributed by atoms with Gasteiger partial charge in [-0.2, -0.15) is 0 Å². The van der Waals surface area contributed by atoms with Crippen LogP contribution in [0.4, 0.5) is 8.78 Å². The van der Waals surface area contributed by atoms with Crippen LogP contribution in [0.1, 0.15) is 11.3 Å². The Morgan fingerprint density at radius 1 is 1.25 bits per heavy atom. The Kier molecular flexibility index (Phi) is 4.52. The summed E-state index contributed by atoms with van der Waals surface area (Å²) in [5.41, 5.74) is 6.68. The normalized spacial score (nSPS) is 11.6. The first-order valence-corrected chi connectivity index (χ1v) is 6.59. The summed E-state index contributed by atoms with van der Waals surface area (Å²) >= 11 is 1.35. The molecule has 20 heavy (non-hydrogen) atoms. The molecular formula is C13H11F2N3OS. The molecule has 0 bridgehead atoms. The molecule has 0 saturated carbocycles. The Bertz CT molecular complexity index is 649. The molecule has 0 fully saturated rings. The molecule has 0 radical (unpaired) electrons. The largest absolute Gasteiger partial charge is 0.409 e. The molecule has 2 aromatic rings. The van der Waals surface area contributed by atoms with Gasteiger partial charge in [0.05, 0.1) is 0 Å². The van der Waals surface area contributed by atoms with Crippen LogP contribution in [0.2, 0.25) is 0 Å². The third kappa shape index (κ3) is 3.45. The van der Waals surface area contributed by atoms with Crippen LogP contribution in [0.5, 0.6) is 0 Å². The smallest absolute Gasteiger partial charge is 0.188 e. The zero-order valence-electron chi connectivity index (χ0n) is 10.3. The summed E-state index contributed by atoms with van der Waals surface area (Å²) in [7, 11) is 0. The minimum atomic E-state index is -0.873. The third-order valence-electron chi connectivity index (χ3n) is 2.49. The van der Waals surface area contributed by atoms with Crippen LogP contribution in [-0.4, -0.2) is 16.0 Å². The summed E-state index contributed by atoms with van der Waals surface area (Å²) in [6.07, 6.45) is 1.54. The second-order valence-electron chi connectivity index (χ2n) is 3.90. The highest BCUT2D eigenvalue weighted by Crippen LogP contribution is 2.24. The Morgan fingerprint density at radius 2 is 2.05 bits per heavy atom. The second-order valence-corrected chi connectivity index (χ2v) is 4.95. The number of aromatic nitrogens is 1. The first-order valence-electron chi connectivity index (χ1n) is 5.61. The lowest BCUT2D eigenvalue weighted by Gasteiger charge is -2.04. The molecule has 0 atom stereocenters. The lowest BCUT2D eigenvalue weighted by Crippen LogP contribution is -2.15. The van der Waals surface area contributed by atoms with Gasteiger partial charge in [-0.15, -0.1) is 11.8 Å². The molecule has 2 rings (SSSR count). The van der Waals surface area contributed by atoms with Gasteiger partial charge in [0.25, 0.3) is 0 Å². The summed E-state index contributed by atoms with van der Waals surface area (Å²) in [4.78, 5) is 4.57. The van der Waals surface area contributed by atoms with Gasteiger partial charge in [0.1, 0.15) is 5.69 Å². The molecule has 1 heterocycles. The fourth-order valence-electron chi connectivity index (χ4n) is 1.49. The summed E-state index contributed by atoms with van der Waals surface area (Å²) in [6, 6.07) is 7.18. The lowest BCUT2D eigenvalue weighted by molar-refractivity contribution is 0.318. The zero-order valence-corrected chi connectivity index (χ0v) is 11.1. The maximum Gasteiger partial charge on any atom is 0.188 e. The molecule has 0 saturated heterocycles. The molecule has 4 nitrogen and oxygen atoms in total. The Labute approximate surface area is 118 Å². The molecule has 0 aliphatic heterocycles. The zero-order chi connectivity index (χ0) is 14.5. The van der Waals surface area contributed by atoms with E-state index >= 15 is 0 Å². The monoisotopic (exact) mass is 295 g/mol. The van der Waals surface area contributed by atoms with E-state index in [1.807, 2.05) is 0 Å². The van der Waals surface area contributed by atoms with E-state index < -0.39 is 11.6 Å². The predicted molar refractivity (Wildman–Crippen MR) is 72.7 cm³/mol. The van der Waals surface area contributed by atoms with Crippen LogP contribution < -0.4 is 5.73 Å². The Hall–Kier alpha value is -2.15. The number of thioether (sulfide) groups is 1. The van der Waals surface area contributed by atoms with Crippen molar-refractivity contribution in [1.82, 2.24) is 4.98 Å². The molecule has 1 aromatic heterocycles. The van der Waals surface area contributed by atoms with Gasteiger partial charge >= 0.3 is 0 Å². The molecule has 104 valence electrons. The molecule has 0 amide bonds. The van der Waals surface area contributed by atoms with Gasteiger partial charge in [0, 0.05) is 16.8 Å². The van der Waals surface area contributed by atoms with Gasteiger partial charge in [-0.1, -0.05) is 5.16 Å². The highest BCUT2D eigenvalue weighted by molar-refractivity contribution is 7.98.